The number of aliphatic hydroxyl groups excluding tert-OH is 1. The van der Waals surface area contributed by atoms with Crippen molar-refractivity contribution in [3.8, 4) is 22.5 Å². The van der Waals surface area contributed by atoms with Crippen LogP contribution in [0.1, 0.15) is 24.4 Å². The van der Waals surface area contributed by atoms with E-state index in [2.05, 4.69) is 24.5 Å². The second-order valence-corrected chi connectivity index (χ2v) is 20.4. The summed E-state index contributed by atoms with van der Waals surface area (Å²) in [5, 5.41) is 13.6. The first-order chi connectivity index (χ1) is 34.6. The average molecular weight is 1050 g/mol. The van der Waals surface area contributed by atoms with Crippen LogP contribution in [-0.4, -0.2) is 133 Å². The molecule has 2 aromatic carbocycles. The lowest BCUT2D eigenvalue weighted by Gasteiger charge is -2.24. The van der Waals surface area contributed by atoms with E-state index in [-0.39, 0.29) is 35.6 Å². The van der Waals surface area contributed by atoms with E-state index in [9.17, 15) is 38.5 Å². The Kier molecular flexibility index (Phi) is 14.4. The van der Waals surface area contributed by atoms with Gasteiger partial charge in [0.15, 0.2) is 23.8 Å². The molecule has 1 aliphatic carbocycles. The topological polar surface area (TPSA) is 363 Å². The number of nitrogens with zero attached hydrogens (tertiary/aromatic N) is 8. The highest BCUT2D eigenvalue weighted by atomic mass is 31.2. The Balaban J connectivity index is 0.935. The van der Waals surface area contributed by atoms with E-state index in [1.807, 2.05) is 98.3 Å². The number of aliphatic hydroxyl groups is 1. The standard InChI is InChI=1S/C45H51N11O15P2/c1-53(2)25-9-11-27-30(16-25)67-31-17-26(54(3)4)10-12-28(31)37(27)24-7-5-23(6-8-24)15-29(46)44(58)70-40-34(69-43(39(40)57)56-22-51-38-41(48)49-21-50-42(38)56)20-66-73(63,64)71-32-18-36(55-14-13-35(47)52-45(55)59)68-33(32)19-65-72(60,61)62/h5-14,16-17,21-22,29,32-34,36,39-40,43,57H,15,18-20,46H2,1-4H3,(H6-,47,48,49,50,52,59,60,61,62,63,64)/p+1/t29?,32?,33-,34-,36-,39?,40?,43-/m1/s1. The first-order valence-corrected chi connectivity index (χ1v) is 25.5. The molecule has 0 saturated carbocycles. The van der Waals surface area contributed by atoms with Gasteiger partial charge in [0.1, 0.15) is 79.8 Å². The molecule has 10 N–H and O–H groups in total. The Morgan fingerprint density at radius 3 is 2.41 bits per heavy atom. The van der Waals surface area contributed by atoms with Gasteiger partial charge in [-0.15, -0.1) is 0 Å². The molecule has 28 heteroatoms. The van der Waals surface area contributed by atoms with Crippen LogP contribution in [0, 0.1) is 0 Å². The molecule has 2 fully saturated rings. The zero-order valence-electron chi connectivity index (χ0n) is 39.5. The molecule has 3 aromatic heterocycles. The third kappa shape index (κ3) is 11.1. The zero-order valence-corrected chi connectivity index (χ0v) is 41.3. The fourth-order valence-corrected chi connectivity index (χ4v) is 10.0. The van der Waals surface area contributed by atoms with Gasteiger partial charge < -0.3 is 60.5 Å². The van der Waals surface area contributed by atoms with Crippen LogP contribution in [0.2, 0.25) is 0 Å². The van der Waals surface area contributed by atoms with Crippen molar-refractivity contribution in [2.45, 2.75) is 61.9 Å². The molecular formula is C45H52N11O15P2+. The summed E-state index contributed by atoms with van der Waals surface area (Å²) >= 11 is 0. The molecule has 9 rings (SSSR count). The van der Waals surface area contributed by atoms with Crippen LogP contribution in [0.15, 0.2) is 94.8 Å². The van der Waals surface area contributed by atoms with Gasteiger partial charge in [-0.2, -0.15) is 4.98 Å². The van der Waals surface area contributed by atoms with Crippen molar-refractivity contribution in [3.05, 3.63) is 107 Å². The van der Waals surface area contributed by atoms with Crippen molar-refractivity contribution in [2.75, 3.05) is 57.8 Å². The maximum absolute atomic E-state index is 13.9. The van der Waals surface area contributed by atoms with E-state index < -0.39 is 89.5 Å². The quantitative estimate of drug-likeness (QED) is 0.0312. The van der Waals surface area contributed by atoms with Crippen LogP contribution in [0.5, 0.6) is 0 Å². The largest absolute Gasteiger partial charge is 0.472 e. The summed E-state index contributed by atoms with van der Waals surface area (Å²) in [7, 11) is -2.47. The van der Waals surface area contributed by atoms with Crippen LogP contribution >= 0.6 is 15.6 Å². The van der Waals surface area contributed by atoms with Crippen molar-refractivity contribution in [1.82, 2.24) is 33.6 Å². The van der Waals surface area contributed by atoms with Gasteiger partial charge in [0, 0.05) is 61.0 Å². The molecule has 0 bridgehead atoms. The second-order valence-electron chi connectivity index (χ2n) is 17.8. The van der Waals surface area contributed by atoms with Crippen molar-refractivity contribution in [1.29, 1.82) is 0 Å². The molecule has 3 aliphatic heterocycles. The summed E-state index contributed by atoms with van der Waals surface area (Å²) in [6.45, 7) is -1.70. The summed E-state index contributed by atoms with van der Waals surface area (Å²) in [5.41, 5.74) is 22.6. The van der Waals surface area contributed by atoms with Gasteiger partial charge in [-0.3, -0.25) is 27.5 Å². The summed E-state index contributed by atoms with van der Waals surface area (Å²) in [6.07, 6.45) is -6.95. The number of carbonyl (C=O) groups is 1. The summed E-state index contributed by atoms with van der Waals surface area (Å²) in [4.78, 5) is 74.3. The maximum Gasteiger partial charge on any atom is 0.472 e. The molecule has 5 unspecified atom stereocenters. The van der Waals surface area contributed by atoms with Crippen LogP contribution in [-0.2, 0) is 48.1 Å². The Morgan fingerprint density at radius 2 is 1.70 bits per heavy atom. The van der Waals surface area contributed by atoms with Crippen LogP contribution in [0.25, 0.3) is 44.6 Å². The Bertz CT molecular complexity index is 3400. The van der Waals surface area contributed by atoms with E-state index in [4.69, 9.17) is 44.9 Å². The Morgan fingerprint density at radius 1 is 0.945 bits per heavy atom. The lowest BCUT2D eigenvalue weighted by Crippen LogP contribution is -2.43. The van der Waals surface area contributed by atoms with Gasteiger partial charge in [-0.05, 0) is 41.8 Å². The molecule has 0 amide bonds. The molecule has 73 heavy (non-hydrogen) atoms. The average Bonchev–Trinajstić information content (AvgIpc) is 4.04. The third-order valence-electron chi connectivity index (χ3n) is 12.4. The number of esters is 1. The van der Waals surface area contributed by atoms with Crippen LogP contribution < -0.4 is 37.7 Å². The van der Waals surface area contributed by atoms with Gasteiger partial charge in [0.2, 0.25) is 5.36 Å². The Labute approximate surface area is 414 Å². The van der Waals surface area contributed by atoms with E-state index in [1.54, 1.807) is 0 Å². The number of imidazole rings is 1. The molecule has 26 nitrogen and oxygen atoms in total. The van der Waals surface area contributed by atoms with Crippen molar-refractivity contribution >= 4 is 61.1 Å². The predicted octanol–water partition coefficient (Wildman–Crippen LogP) is 1.50. The van der Waals surface area contributed by atoms with E-state index >= 15 is 0 Å². The lowest BCUT2D eigenvalue weighted by molar-refractivity contribution is -0.158. The molecular weight excluding hydrogens is 997 g/mol. The fourth-order valence-electron chi connectivity index (χ4n) is 8.70. The first kappa shape index (κ1) is 51.4. The number of benzene rings is 3. The number of anilines is 3. The van der Waals surface area contributed by atoms with Gasteiger partial charge in [-0.1, -0.05) is 24.3 Å². The van der Waals surface area contributed by atoms with E-state index in [0.717, 1.165) is 44.0 Å². The monoisotopic (exact) mass is 1050 g/mol. The van der Waals surface area contributed by atoms with Gasteiger partial charge >= 0.3 is 27.3 Å². The van der Waals surface area contributed by atoms with Crippen molar-refractivity contribution in [2.24, 2.45) is 5.73 Å². The maximum atomic E-state index is 13.9. The number of nitrogen functional groups attached to an aromatic ring is 2. The minimum atomic E-state index is -5.22. The number of phosphoric ester groups is 2. The van der Waals surface area contributed by atoms with Gasteiger partial charge in [0.25, 0.3) is 0 Å². The van der Waals surface area contributed by atoms with Crippen molar-refractivity contribution < 1.29 is 65.9 Å². The number of nitrogens with two attached hydrogens (primary N) is 3. The minimum absolute atomic E-state index is 0.00463. The normalized spacial score (nSPS) is 22.5. The molecule has 2 saturated heterocycles. The summed E-state index contributed by atoms with van der Waals surface area (Å²) in [6, 6.07) is 19.6. The molecule has 0 spiro atoms. The van der Waals surface area contributed by atoms with Crippen molar-refractivity contribution in [3.63, 3.8) is 0 Å². The molecule has 9 atom stereocenters. The van der Waals surface area contributed by atoms with Crippen LogP contribution in [0.4, 0.5) is 17.3 Å². The third-order valence-corrected chi connectivity index (χ3v) is 13.9. The number of hydrogen-bond donors (Lipinski definition) is 7. The number of ether oxygens (including phenoxy) is 3. The zero-order chi connectivity index (χ0) is 52.1. The highest BCUT2D eigenvalue weighted by Crippen LogP contribution is 2.50. The number of fused-ring (bicyclic) bond motifs is 3. The highest BCUT2D eigenvalue weighted by molar-refractivity contribution is 7.47. The molecule has 0 radical (unpaired) electrons. The fraction of sp³-hybridized carbons (Fsp3) is 0.356. The molecule has 4 aliphatic rings. The number of phosphoric acid groups is 2. The lowest BCUT2D eigenvalue weighted by atomic mass is 9.92. The number of rotatable bonds is 16. The molecule has 386 valence electrons. The SMILES string of the molecule is CN(C)c1ccc2c(-c3ccc(CC(N)C(=O)OC4C(O)[C@H](n5cnc6c(N)ncnc65)O[C@@H]4COP(=O)(O)OC4C[C@H](n5ccc(N)nc5=O)O[C@@H]4COP(=O)(O)O)cc3)c3ccc(=[N+](C)C)cc-3oc2c1. The van der Waals surface area contributed by atoms with E-state index in [1.165, 1.54) is 23.2 Å². The number of aromatic nitrogens is 6. The number of hydrogen-bond acceptors (Lipinski definition) is 20. The van der Waals surface area contributed by atoms with Gasteiger partial charge in [0.05, 0.1) is 25.6 Å². The first-order valence-electron chi connectivity index (χ1n) is 22.5. The Hall–Kier alpha value is -6.51. The summed E-state index contributed by atoms with van der Waals surface area (Å²) < 4.78 is 69.1. The van der Waals surface area contributed by atoms with E-state index in [0.29, 0.717) is 16.9 Å². The minimum Gasteiger partial charge on any atom is -0.456 e. The van der Waals surface area contributed by atoms with Gasteiger partial charge in [-0.25, -0.2) is 33.5 Å². The smallest absolute Gasteiger partial charge is 0.456 e. The number of carbonyl (C=O) groups excluding carboxylic acids is 1. The highest BCUT2D eigenvalue weighted by Gasteiger charge is 2.50. The summed E-state index contributed by atoms with van der Waals surface area (Å²) in [5.74, 6) is -0.341. The van der Waals surface area contributed by atoms with Crippen LogP contribution in [0.3, 0.4) is 0 Å². The second kappa shape index (κ2) is 20.4. The molecule has 6 heterocycles. The predicted molar refractivity (Wildman–Crippen MR) is 261 cm³/mol. The molecule has 5 aromatic rings.